The summed E-state index contributed by atoms with van der Waals surface area (Å²) in [5, 5.41) is 9.16. The molecule has 0 saturated carbocycles. The molecule has 0 atom stereocenters. The van der Waals surface area contributed by atoms with E-state index in [4.69, 9.17) is 5.26 Å². The van der Waals surface area contributed by atoms with E-state index in [1.54, 1.807) is 0 Å². The quantitative estimate of drug-likeness (QED) is 0.847. The van der Waals surface area contributed by atoms with Gasteiger partial charge in [-0.15, -0.1) is 0 Å². The summed E-state index contributed by atoms with van der Waals surface area (Å²) < 4.78 is 13.9. The molecule has 0 spiro atoms. The van der Waals surface area contributed by atoms with E-state index in [-0.39, 0.29) is 5.82 Å². The van der Waals surface area contributed by atoms with Crippen LogP contribution in [0.15, 0.2) is 22.7 Å². The molecule has 0 aromatic heterocycles. The van der Waals surface area contributed by atoms with Crippen LogP contribution >= 0.6 is 15.9 Å². The van der Waals surface area contributed by atoms with Crippen molar-refractivity contribution in [1.82, 2.24) is 9.80 Å². The van der Waals surface area contributed by atoms with Crippen LogP contribution in [0.1, 0.15) is 19.4 Å². The minimum absolute atomic E-state index is 0.221. The largest absolute Gasteiger partial charge is 0.296 e. The summed E-state index contributed by atoms with van der Waals surface area (Å²) >= 11 is 3.41. The van der Waals surface area contributed by atoms with E-state index < -0.39 is 5.54 Å². The van der Waals surface area contributed by atoms with Gasteiger partial charge < -0.3 is 0 Å². The van der Waals surface area contributed by atoms with Crippen molar-refractivity contribution in [2.24, 2.45) is 0 Å². The molecule has 0 unspecified atom stereocenters. The van der Waals surface area contributed by atoms with Crippen LogP contribution in [0.5, 0.6) is 0 Å². The molecule has 0 radical (unpaired) electrons. The predicted octanol–water partition coefficient (Wildman–Crippen LogP) is 3.01. The molecular weight excluding hydrogens is 321 g/mol. The van der Waals surface area contributed by atoms with Crippen molar-refractivity contribution < 1.29 is 4.39 Å². The SMILES string of the molecule is CC(C)(C#N)N1CCN(Cc2ccc(F)cc2Br)CC1. The van der Waals surface area contributed by atoms with Crippen molar-refractivity contribution in [3.63, 3.8) is 0 Å². The number of nitriles is 1. The lowest BCUT2D eigenvalue weighted by atomic mass is 10.0. The molecular formula is C15H19BrFN3. The average molecular weight is 340 g/mol. The first kappa shape index (κ1) is 15.4. The Morgan fingerprint density at radius 1 is 1.30 bits per heavy atom. The number of halogens is 2. The van der Waals surface area contributed by atoms with Crippen LogP contribution in [-0.2, 0) is 6.54 Å². The standard InChI is InChI=1S/C15H19BrFN3/c1-15(2,11-18)20-7-5-19(6-8-20)10-12-3-4-13(17)9-14(12)16/h3-4,9H,5-8,10H2,1-2H3. The van der Waals surface area contributed by atoms with Crippen molar-refractivity contribution in [2.75, 3.05) is 26.2 Å². The highest BCUT2D eigenvalue weighted by molar-refractivity contribution is 9.10. The molecule has 0 N–H and O–H groups in total. The Hall–Kier alpha value is -0.960. The van der Waals surface area contributed by atoms with Crippen LogP contribution in [0.3, 0.4) is 0 Å². The highest BCUT2D eigenvalue weighted by Gasteiger charge is 2.29. The Labute approximate surface area is 128 Å². The average Bonchev–Trinajstić information content (AvgIpc) is 2.42. The summed E-state index contributed by atoms with van der Waals surface area (Å²) in [4.78, 5) is 4.55. The van der Waals surface area contributed by atoms with E-state index >= 15 is 0 Å². The molecule has 2 rings (SSSR count). The number of piperazine rings is 1. The third kappa shape index (κ3) is 3.57. The van der Waals surface area contributed by atoms with Gasteiger partial charge in [0.15, 0.2) is 0 Å². The van der Waals surface area contributed by atoms with Crippen molar-refractivity contribution in [3.8, 4) is 6.07 Å². The van der Waals surface area contributed by atoms with Gasteiger partial charge in [0.05, 0.1) is 6.07 Å². The lowest BCUT2D eigenvalue weighted by Crippen LogP contribution is -2.53. The highest BCUT2D eigenvalue weighted by Crippen LogP contribution is 2.21. The molecule has 0 aliphatic carbocycles. The van der Waals surface area contributed by atoms with Gasteiger partial charge in [0.1, 0.15) is 11.4 Å². The van der Waals surface area contributed by atoms with E-state index in [0.717, 1.165) is 42.8 Å². The van der Waals surface area contributed by atoms with Crippen LogP contribution in [-0.4, -0.2) is 41.5 Å². The number of benzene rings is 1. The molecule has 1 heterocycles. The molecule has 1 fully saturated rings. The van der Waals surface area contributed by atoms with E-state index in [0.29, 0.717) is 0 Å². The lowest BCUT2D eigenvalue weighted by Gasteiger charge is -2.40. The Morgan fingerprint density at radius 2 is 1.95 bits per heavy atom. The van der Waals surface area contributed by atoms with Crippen molar-refractivity contribution in [3.05, 3.63) is 34.1 Å². The maximum Gasteiger partial charge on any atom is 0.124 e. The summed E-state index contributed by atoms with van der Waals surface area (Å²) in [5.74, 6) is -0.221. The summed E-state index contributed by atoms with van der Waals surface area (Å²) in [6, 6.07) is 7.17. The lowest BCUT2D eigenvalue weighted by molar-refractivity contribution is 0.0763. The second kappa shape index (κ2) is 6.21. The van der Waals surface area contributed by atoms with Gasteiger partial charge in [-0.3, -0.25) is 9.80 Å². The summed E-state index contributed by atoms with van der Waals surface area (Å²) in [6.07, 6.45) is 0. The number of hydrogen-bond acceptors (Lipinski definition) is 3. The Morgan fingerprint density at radius 3 is 2.50 bits per heavy atom. The normalized spacial score (nSPS) is 17.9. The fourth-order valence-corrected chi connectivity index (χ4v) is 2.90. The van der Waals surface area contributed by atoms with Crippen molar-refractivity contribution in [2.45, 2.75) is 25.9 Å². The van der Waals surface area contributed by atoms with Gasteiger partial charge in [0.25, 0.3) is 0 Å². The summed E-state index contributed by atoms with van der Waals surface area (Å²) in [7, 11) is 0. The molecule has 1 aliphatic heterocycles. The molecule has 1 saturated heterocycles. The molecule has 1 aliphatic rings. The van der Waals surface area contributed by atoms with E-state index in [2.05, 4.69) is 31.8 Å². The van der Waals surface area contributed by atoms with E-state index in [1.165, 1.54) is 12.1 Å². The molecule has 1 aromatic carbocycles. The zero-order chi connectivity index (χ0) is 14.8. The third-order valence-electron chi connectivity index (χ3n) is 3.85. The van der Waals surface area contributed by atoms with Crippen LogP contribution in [0, 0.1) is 17.1 Å². The van der Waals surface area contributed by atoms with Gasteiger partial charge in [-0.05, 0) is 31.5 Å². The minimum atomic E-state index is -0.400. The molecule has 0 bridgehead atoms. The molecule has 5 heteroatoms. The van der Waals surface area contributed by atoms with Gasteiger partial charge in [-0.25, -0.2) is 4.39 Å². The fourth-order valence-electron chi connectivity index (χ4n) is 2.43. The first-order valence-electron chi connectivity index (χ1n) is 6.75. The molecule has 108 valence electrons. The first-order valence-corrected chi connectivity index (χ1v) is 7.54. The Kier molecular flexibility index (Phi) is 4.79. The minimum Gasteiger partial charge on any atom is -0.296 e. The van der Waals surface area contributed by atoms with Crippen molar-refractivity contribution >= 4 is 15.9 Å². The number of nitrogens with zero attached hydrogens (tertiary/aromatic N) is 3. The second-order valence-electron chi connectivity index (χ2n) is 5.67. The molecule has 0 amide bonds. The molecule has 1 aromatic rings. The third-order valence-corrected chi connectivity index (χ3v) is 4.58. The topological polar surface area (TPSA) is 30.3 Å². The summed E-state index contributed by atoms with van der Waals surface area (Å²) in [6.45, 7) is 8.35. The monoisotopic (exact) mass is 339 g/mol. The van der Waals surface area contributed by atoms with Gasteiger partial charge in [-0.1, -0.05) is 22.0 Å². The van der Waals surface area contributed by atoms with Gasteiger partial charge in [0, 0.05) is 37.2 Å². The fraction of sp³-hybridized carbons (Fsp3) is 0.533. The zero-order valence-electron chi connectivity index (χ0n) is 11.9. The highest BCUT2D eigenvalue weighted by atomic mass is 79.9. The van der Waals surface area contributed by atoms with Crippen LogP contribution < -0.4 is 0 Å². The summed E-state index contributed by atoms with van der Waals surface area (Å²) in [5.41, 5.74) is 0.696. The first-order chi connectivity index (χ1) is 9.42. The van der Waals surface area contributed by atoms with Crippen LogP contribution in [0.25, 0.3) is 0 Å². The molecule has 3 nitrogen and oxygen atoms in total. The van der Waals surface area contributed by atoms with Crippen molar-refractivity contribution in [1.29, 1.82) is 5.26 Å². The van der Waals surface area contributed by atoms with Crippen LogP contribution in [0.4, 0.5) is 4.39 Å². The maximum atomic E-state index is 13.1. The second-order valence-corrected chi connectivity index (χ2v) is 6.52. The Bertz CT molecular complexity index is 516. The molecule has 20 heavy (non-hydrogen) atoms. The van der Waals surface area contributed by atoms with E-state index in [9.17, 15) is 4.39 Å². The smallest absolute Gasteiger partial charge is 0.124 e. The Balaban J connectivity index is 1.93. The number of hydrogen-bond donors (Lipinski definition) is 0. The number of rotatable bonds is 3. The van der Waals surface area contributed by atoms with Gasteiger partial charge in [-0.2, -0.15) is 5.26 Å². The van der Waals surface area contributed by atoms with E-state index in [1.807, 2.05) is 19.9 Å². The zero-order valence-corrected chi connectivity index (χ0v) is 13.5. The predicted molar refractivity (Wildman–Crippen MR) is 80.6 cm³/mol. The van der Waals surface area contributed by atoms with Crippen LogP contribution in [0.2, 0.25) is 0 Å². The van der Waals surface area contributed by atoms with Gasteiger partial charge >= 0.3 is 0 Å². The van der Waals surface area contributed by atoms with Gasteiger partial charge in [0.2, 0.25) is 0 Å². The maximum absolute atomic E-state index is 13.1.